The van der Waals surface area contributed by atoms with Crippen molar-refractivity contribution in [1.82, 2.24) is 14.9 Å². The lowest BCUT2D eigenvalue weighted by Crippen LogP contribution is -2.27. The number of carbonyl (C=O) groups is 1. The first kappa shape index (κ1) is 12.7. The number of nitrogens with zero attached hydrogens (tertiary/aromatic N) is 3. The van der Waals surface area contributed by atoms with E-state index in [0.717, 1.165) is 4.57 Å². The largest absolute Gasteiger partial charge is 0.435 e. The number of nitrogens with one attached hydrogen (secondary N) is 1. The zero-order chi connectivity index (χ0) is 12.8. The minimum Gasteiger partial charge on any atom is -0.390 e. The fraction of sp³-hybridized carbons (Fsp3) is 0.250. The van der Waals surface area contributed by atoms with E-state index < -0.39 is 22.9 Å². The van der Waals surface area contributed by atoms with Gasteiger partial charge in [-0.1, -0.05) is 4.98 Å². The summed E-state index contributed by atoms with van der Waals surface area (Å²) in [4.78, 5) is 24.3. The molecule has 1 N–H and O–H groups in total. The van der Waals surface area contributed by atoms with E-state index in [9.17, 15) is 23.7 Å². The van der Waals surface area contributed by atoms with Crippen molar-refractivity contribution >= 4 is 11.9 Å². The van der Waals surface area contributed by atoms with Gasteiger partial charge in [-0.3, -0.25) is 4.79 Å². The first-order chi connectivity index (χ1) is 8.00. The zero-order valence-corrected chi connectivity index (χ0v) is 8.47. The monoisotopic (exact) mass is 246 g/mol. The van der Waals surface area contributed by atoms with Gasteiger partial charge >= 0.3 is 5.95 Å². The lowest BCUT2D eigenvalue weighted by Gasteiger charge is -2.01. The van der Waals surface area contributed by atoms with Gasteiger partial charge in [0.05, 0.1) is 0 Å². The van der Waals surface area contributed by atoms with Crippen LogP contribution in [0.5, 0.6) is 0 Å². The molecular formula is C8H8F2N4O3. The Kier molecular flexibility index (Phi) is 4.26. The summed E-state index contributed by atoms with van der Waals surface area (Å²) in [6.45, 7) is -0.679. The van der Waals surface area contributed by atoms with Gasteiger partial charge in [-0.05, 0) is 4.92 Å². The summed E-state index contributed by atoms with van der Waals surface area (Å²) in [6.07, 6.45) is 1.05. The summed E-state index contributed by atoms with van der Waals surface area (Å²) in [5, 5.41) is 12.6. The molecule has 1 aromatic rings. The number of imidazole rings is 1. The van der Waals surface area contributed by atoms with Gasteiger partial charge in [-0.2, -0.15) is 8.78 Å². The van der Waals surface area contributed by atoms with E-state index in [4.69, 9.17) is 0 Å². The Hall–Kier alpha value is -2.32. The minimum absolute atomic E-state index is 0.330. The molecule has 0 aliphatic rings. The van der Waals surface area contributed by atoms with Gasteiger partial charge in [0.2, 0.25) is 0 Å². The van der Waals surface area contributed by atoms with E-state index in [1.54, 1.807) is 0 Å². The molecule has 1 heterocycles. The molecule has 1 amide bonds. The van der Waals surface area contributed by atoms with Crippen molar-refractivity contribution in [1.29, 1.82) is 0 Å². The summed E-state index contributed by atoms with van der Waals surface area (Å²) in [5.41, 5.74) is 0. The van der Waals surface area contributed by atoms with Crippen LogP contribution in [0, 0.1) is 10.1 Å². The van der Waals surface area contributed by atoms with Crippen molar-refractivity contribution in [2.24, 2.45) is 0 Å². The molecule has 0 saturated carbocycles. The Labute approximate surface area is 93.9 Å². The zero-order valence-electron chi connectivity index (χ0n) is 8.47. The first-order valence-corrected chi connectivity index (χ1v) is 4.44. The van der Waals surface area contributed by atoms with Crippen molar-refractivity contribution in [3.8, 4) is 0 Å². The molecule has 9 heteroatoms. The van der Waals surface area contributed by atoms with Crippen LogP contribution in [0.1, 0.15) is 0 Å². The van der Waals surface area contributed by atoms with Crippen LogP contribution in [0.3, 0.4) is 0 Å². The molecule has 17 heavy (non-hydrogen) atoms. The molecule has 1 rings (SSSR count). The molecule has 0 bridgehead atoms. The van der Waals surface area contributed by atoms with Crippen molar-refractivity contribution in [3.05, 3.63) is 34.7 Å². The molecular weight excluding hydrogens is 238 g/mol. The second-order valence-corrected chi connectivity index (χ2v) is 2.91. The maximum absolute atomic E-state index is 11.6. The highest BCUT2D eigenvalue weighted by atomic mass is 19.3. The second kappa shape index (κ2) is 5.68. The Morgan fingerprint density at radius 1 is 1.65 bits per heavy atom. The highest BCUT2D eigenvalue weighted by Gasteiger charge is 2.16. The summed E-state index contributed by atoms with van der Waals surface area (Å²) in [6, 6.07) is 0. The van der Waals surface area contributed by atoms with E-state index in [0.29, 0.717) is 6.08 Å². The van der Waals surface area contributed by atoms with Gasteiger partial charge in [0.25, 0.3) is 12.0 Å². The molecule has 0 aliphatic heterocycles. The Morgan fingerprint density at radius 3 is 2.94 bits per heavy atom. The van der Waals surface area contributed by atoms with Crippen LogP contribution in [0.15, 0.2) is 24.6 Å². The molecule has 0 saturated heterocycles. The fourth-order valence-corrected chi connectivity index (χ4v) is 1.05. The van der Waals surface area contributed by atoms with Crippen LogP contribution in [-0.4, -0.2) is 26.9 Å². The van der Waals surface area contributed by atoms with Crippen molar-refractivity contribution in [2.75, 3.05) is 6.54 Å². The molecule has 7 nitrogen and oxygen atoms in total. The predicted octanol–water partition coefficient (Wildman–Crippen LogP) is 0.688. The summed E-state index contributed by atoms with van der Waals surface area (Å²) < 4.78 is 24.3. The molecule has 0 aliphatic carbocycles. The molecule has 0 atom stereocenters. The molecule has 0 spiro atoms. The third-order valence-corrected chi connectivity index (χ3v) is 1.73. The fourth-order valence-electron chi connectivity index (χ4n) is 1.05. The maximum Gasteiger partial charge on any atom is 0.435 e. The van der Waals surface area contributed by atoms with Crippen LogP contribution in [-0.2, 0) is 11.3 Å². The molecule has 0 unspecified atom stereocenters. The number of carbonyl (C=O) groups excluding carboxylic acids is 1. The van der Waals surface area contributed by atoms with Crippen LogP contribution in [0.2, 0.25) is 0 Å². The average molecular weight is 246 g/mol. The van der Waals surface area contributed by atoms with Gasteiger partial charge in [0.15, 0.2) is 6.54 Å². The molecule has 0 fully saturated rings. The summed E-state index contributed by atoms with van der Waals surface area (Å²) >= 11 is 0. The quantitative estimate of drug-likeness (QED) is 0.611. The van der Waals surface area contributed by atoms with E-state index in [2.05, 4.69) is 10.3 Å². The standard InChI is InChI=1S/C8H8F2N4O3/c9-6(10)1-2-11-7(15)5-13-4-3-12-8(13)14(16)17/h1,3-4H,2,5H2,(H,11,15). The lowest BCUT2D eigenvalue weighted by atomic mass is 10.5. The van der Waals surface area contributed by atoms with E-state index in [-0.39, 0.29) is 13.1 Å². The first-order valence-electron chi connectivity index (χ1n) is 4.44. The third-order valence-electron chi connectivity index (χ3n) is 1.73. The smallest absolute Gasteiger partial charge is 0.390 e. The molecule has 92 valence electrons. The molecule has 0 radical (unpaired) electrons. The van der Waals surface area contributed by atoms with Crippen molar-refractivity contribution in [3.63, 3.8) is 0 Å². The third kappa shape index (κ3) is 3.97. The van der Waals surface area contributed by atoms with Crippen LogP contribution in [0.4, 0.5) is 14.7 Å². The normalized spacial score (nSPS) is 9.76. The SMILES string of the molecule is O=C(Cn1ccnc1[N+](=O)[O-])NCC=C(F)F. The number of nitro groups is 1. The lowest BCUT2D eigenvalue weighted by molar-refractivity contribution is -0.396. The number of hydrogen-bond acceptors (Lipinski definition) is 4. The van der Waals surface area contributed by atoms with Crippen LogP contribution >= 0.6 is 0 Å². The second-order valence-electron chi connectivity index (χ2n) is 2.91. The maximum atomic E-state index is 11.6. The Morgan fingerprint density at radius 2 is 2.35 bits per heavy atom. The van der Waals surface area contributed by atoms with Crippen molar-refractivity contribution in [2.45, 2.75) is 6.54 Å². The Balaban J connectivity index is 2.53. The van der Waals surface area contributed by atoms with Gasteiger partial charge < -0.3 is 15.4 Å². The Bertz CT molecular complexity index is 453. The van der Waals surface area contributed by atoms with Gasteiger partial charge in [0.1, 0.15) is 12.4 Å². The van der Waals surface area contributed by atoms with Crippen molar-refractivity contribution < 1.29 is 18.5 Å². The van der Waals surface area contributed by atoms with Gasteiger partial charge in [-0.25, -0.2) is 4.57 Å². The number of rotatable bonds is 5. The average Bonchev–Trinajstić information content (AvgIpc) is 2.65. The summed E-state index contributed by atoms with van der Waals surface area (Å²) in [5.74, 6) is -1.10. The topological polar surface area (TPSA) is 90.1 Å². The minimum atomic E-state index is -1.90. The van der Waals surface area contributed by atoms with Crippen LogP contribution in [0.25, 0.3) is 0 Å². The van der Waals surface area contributed by atoms with Crippen LogP contribution < -0.4 is 5.32 Å². The highest BCUT2D eigenvalue weighted by molar-refractivity contribution is 5.76. The number of amides is 1. The number of halogens is 2. The van der Waals surface area contributed by atoms with Gasteiger partial charge in [0, 0.05) is 12.6 Å². The molecule has 0 aromatic carbocycles. The number of aromatic nitrogens is 2. The highest BCUT2D eigenvalue weighted by Crippen LogP contribution is 2.06. The summed E-state index contributed by atoms with van der Waals surface area (Å²) in [7, 11) is 0. The van der Waals surface area contributed by atoms with Gasteiger partial charge in [-0.15, -0.1) is 0 Å². The van der Waals surface area contributed by atoms with E-state index in [1.165, 1.54) is 12.4 Å². The van der Waals surface area contributed by atoms with E-state index >= 15 is 0 Å². The van der Waals surface area contributed by atoms with E-state index in [1.807, 2.05) is 0 Å². The molecule has 1 aromatic heterocycles. The number of hydrogen-bond donors (Lipinski definition) is 1. The predicted molar refractivity (Wildman–Crippen MR) is 52.2 cm³/mol.